The van der Waals surface area contributed by atoms with Crippen LogP contribution in [0, 0.1) is 0 Å². The number of hydrogen-bond acceptors (Lipinski definition) is 5. The molecule has 4 atom stereocenters. The number of carbonyl (C=O) groups excluding carboxylic acids is 1. The van der Waals surface area contributed by atoms with Crippen molar-refractivity contribution in [1.82, 2.24) is 0 Å². The van der Waals surface area contributed by atoms with Crippen molar-refractivity contribution >= 4 is 5.97 Å². The van der Waals surface area contributed by atoms with Gasteiger partial charge in [-0.05, 0) is 38.5 Å². The van der Waals surface area contributed by atoms with E-state index in [1.807, 2.05) is 6.08 Å². The molecule has 5 heteroatoms. The molecule has 1 rings (SSSR count). The molecule has 0 amide bonds. The van der Waals surface area contributed by atoms with Crippen molar-refractivity contribution < 1.29 is 24.5 Å². The van der Waals surface area contributed by atoms with Gasteiger partial charge in [-0.2, -0.15) is 0 Å². The largest absolute Gasteiger partial charge is 0.469 e. The van der Waals surface area contributed by atoms with Gasteiger partial charge in [0.15, 0.2) is 0 Å². The molecule has 0 bridgehead atoms. The van der Waals surface area contributed by atoms with E-state index in [2.05, 4.69) is 29.9 Å². The first-order valence-electron chi connectivity index (χ1n) is 9.96. The van der Waals surface area contributed by atoms with Crippen LogP contribution in [0.1, 0.15) is 71.1 Å². The van der Waals surface area contributed by atoms with Gasteiger partial charge in [-0.15, -0.1) is 0 Å². The number of aliphatic hydroxyl groups is 2. The van der Waals surface area contributed by atoms with Crippen LogP contribution in [-0.4, -0.2) is 47.7 Å². The molecular weight excluding hydrogens is 332 g/mol. The highest BCUT2D eigenvalue weighted by Gasteiger charge is 2.36. The Kier molecular flexibility index (Phi) is 12.3. The third kappa shape index (κ3) is 9.51. The number of esters is 1. The minimum absolute atomic E-state index is 0.264. The molecule has 0 radical (unpaired) electrons. The molecule has 1 heterocycles. The van der Waals surface area contributed by atoms with Gasteiger partial charge in [0.2, 0.25) is 0 Å². The highest BCUT2D eigenvalue weighted by atomic mass is 16.5. The number of aliphatic hydroxyl groups excluding tert-OH is 2. The second-order valence-electron chi connectivity index (χ2n) is 6.96. The van der Waals surface area contributed by atoms with E-state index < -0.39 is 12.2 Å². The normalized spacial score (nSPS) is 24.5. The zero-order valence-corrected chi connectivity index (χ0v) is 16.3. The van der Waals surface area contributed by atoms with Crippen molar-refractivity contribution in [2.24, 2.45) is 0 Å². The Morgan fingerprint density at radius 1 is 1.23 bits per heavy atom. The zero-order chi connectivity index (χ0) is 19.2. The zero-order valence-electron chi connectivity index (χ0n) is 16.3. The molecule has 0 aliphatic carbocycles. The van der Waals surface area contributed by atoms with Gasteiger partial charge in [0.05, 0.1) is 31.5 Å². The fraction of sp³-hybridized carbons (Fsp3) is 0.762. The first-order chi connectivity index (χ1) is 12.6. The summed E-state index contributed by atoms with van der Waals surface area (Å²) in [6.45, 7) is 2.21. The fourth-order valence-electron chi connectivity index (χ4n) is 3.10. The number of unbranched alkanes of at least 4 members (excludes halogenated alkanes) is 3. The minimum atomic E-state index is -0.658. The Hall–Kier alpha value is -1.17. The van der Waals surface area contributed by atoms with Crippen LogP contribution >= 0.6 is 0 Å². The van der Waals surface area contributed by atoms with Crippen LogP contribution in [-0.2, 0) is 14.3 Å². The molecule has 1 aliphatic heterocycles. The molecule has 26 heavy (non-hydrogen) atoms. The van der Waals surface area contributed by atoms with E-state index in [-0.39, 0.29) is 18.2 Å². The number of rotatable bonds is 13. The molecule has 1 saturated heterocycles. The van der Waals surface area contributed by atoms with Gasteiger partial charge in [-0.1, -0.05) is 44.1 Å². The summed E-state index contributed by atoms with van der Waals surface area (Å²) in [4.78, 5) is 11.1. The molecule has 150 valence electrons. The number of hydrogen-bond donors (Lipinski definition) is 2. The third-order valence-corrected chi connectivity index (χ3v) is 4.74. The highest BCUT2D eigenvalue weighted by Crippen LogP contribution is 2.27. The van der Waals surface area contributed by atoms with Crippen LogP contribution < -0.4 is 0 Å². The highest BCUT2D eigenvalue weighted by molar-refractivity contribution is 5.68. The maximum absolute atomic E-state index is 11.1. The van der Waals surface area contributed by atoms with Crippen LogP contribution in [0.3, 0.4) is 0 Å². The van der Waals surface area contributed by atoms with E-state index in [0.29, 0.717) is 32.1 Å². The predicted octanol–water partition coefficient (Wildman–Crippen LogP) is 3.68. The lowest BCUT2D eigenvalue weighted by Gasteiger charge is -2.18. The van der Waals surface area contributed by atoms with Crippen LogP contribution in [0.2, 0.25) is 0 Å². The topological polar surface area (TPSA) is 76.0 Å². The Bertz CT molecular complexity index is 432. The van der Waals surface area contributed by atoms with Crippen LogP contribution in [0.25, 0.3) is 0 Å². The van der Waals surface area contributed by atoms with E-state index >= 15 is 0 Å². The third-order valence-electron chi connectivity index (χ3n) is 4.74. The molecule has 0 saturated carbocycles. The lowest BCUT2D eigenvalue weighted by atomic mass is 10.0. The molecule has 2 N–H and O–H groups in total. The summed E-state index contributed by atoms with van der Waals surface area (Å²) in [5.74, 6) is -0.271. The molecule has 0 spiro atoms. The predicted molar refractivity (Wildman–Crippen MR) is 103 cm³/mol. The van der Waals surface area contributed by atoms with E-state index in [1.165, 1.54) is 26.4 Å². The van der Waals surface area contributed by atoms with E-state index in [9.17, 15) is 15.0 Å². The monoisotopic (exact) mass is 368 g/mol. The Labute approximate surface area is 158 Å². The molecule has 2 unspecified atom stereocenters. The van der Waals surface area contributed by atoms with E-state index in [1.54, 1.807) is 0 Å². The first kappa shape index (κ1) is 22.9. The summed E-state index contributed by atoms with van der Waals surface area (Å²) in [7, 11) is 1.36. The Balaban J connectivity index is 2.20. The number of methoxy groups -OCH3 is 1. The summed E-state index contributed by atoms with van der Waals surface area (Å²) in [6, 6.07) is 0. The first-order valence-corrected chi connectivity index (χ1v) is 9.96. The van der Waals surface area contributed by atoms with Crippen molar-refractivity contribution in [3.05, 3.63) is 24.3 Å². The van der Waals surface area contributed by atoms with Crippen molar-refractivity contribution in [2.75, 3.05) is 7.11 Å². The number of ether oxygens (including phenoxy) is 2. The maximum Gasteiger partial charge on any atom is 0.305 e. The molecule has 0 aromatic heterocycles. The molecule has 0 aromatic carbocycles. The minimum Gasteiger partial charge on any atom is -0.469 e. The summed E-state index contributed by atoms with van der Waals surface area (Å²) in [6.07, 6.45) is 14.9. The molecule has 1 aliphatic rings. The summed E-state index contributed by atoms with van der Waals surface area (Å²) in [5.41, 5.74) is 0. The average Bonchev–Trinajstić information content (AvgIpc) is 3.01. The Morgan fingerprint density at radius 2 is 2.00 bits per heavy atom. The number of allylic oxidation sites excluding steroid dienone is 3. The standard InChI is InChI=1S/C21H36O5/c1-3-4-5-6-7-8-9-10-11-14-19-18(23)16-20(26-19)17(22)13-12-15-21(24)25-2/h7-8,10-11,17-20,22-23H,3-6,9,12-16H2,1-2H3/b8-7-,11-10-/t17?,18?,19-,20-/m1/s1. The molecule has 0 aromatic rings. The van der Waals surface area contributed by atoms with Gasteiger partial charge in [0.1, 0.15) is 0 Å². The van der Waals surface area contributed by atoms with Crippen molar-refractivity contribution in [2.45, 2.75) is 95.5 Å². The maximum atomic E-state index is 11.1. The van der Waals surface area contributed by atoms with Gasteiger partial charge in [-0.25, -0.2) is 0 Å². The summed E-state index contributed by atoms with van der Waals surface area (Å²) < 4.78 is 10.4. The van der Waals surface area contributed by atoms with Gasteiger partial charge < -0.3 is 19.7 Å². The second kappa shape index (κ2) is 14.0. The quantitative estimate of drug-likeness (QED) is 0.295. The van der Waals surface area contributed by atoms with Gasteiger partial charge in [0.25, 0.3) is 0 Å². The van der Waals surface area contributed by atoms with Crippen molar-refractivity contribution in [3.63, 3.8) is 0 Å². The summed E-state index contributed by atoms with van der Waals surface area (Å²) in [5, 5.41) is 20.3. The lowest BCUT2D eigenvalue weighted by molar-refractivity contribution is -0.140. The molecule has 5 nitrogen and oxygen atoms in total. The molecular formula is C21H36O5. The molecule has 1 fully saturated rings. The SMILES string of the molecule is CCCCC/C=C\C/C=C\C[C@H]1O[C@@H](C(O)CCCC(=O)OC)CC1O. The fourth-order valence-corrected chi connectivity index (χ4v) is 3.10. The summed E-state index contributed by atoms with van der Waals surface area (Å²) >= 11 is 0. The number of carbonyl (C=O) groups is 1. The van der Waals surface area contributed by atoms with Gasteiger partial charge in [0, 0.05) is 12.8 Å². The van der Waals surface area contributed by atoms with Gasteiger partial charge in [-0.3, -0.25) is 4.79 Å². The smallest absolute Gasteiger partial charge is 0.305 e. The van der Waals surface area contributed by atoms with Crippen LogP contribution in [0.15, 0.2) is 24.3 Å². The van der Waals surface area contributed by atoms with Crippen molar-refractivity contribution in [1.29, 1.82) is 0 Å². The lowest BCUT2D eigenvalue weighted by Crippen LogP contribution is -2.26. The van der Waals surface area contributed by atoms with Gasteiger partial charge >= 0.3 is 5.97 Å². The van der Waals surface area contributed by atoms with Crippen LogP contribution in [0.4, 0.5) is 0 Å². The van der Waals surface area contributed by atoms with E-state index in [4.69, 9.17) is 4.74 Å². The van der Waals surface area contributed by atoms with Crippen LogP contribution in [0.5, 0.6) is 0 Å². The average molecular weight is 369 g/mol. The van der Waals surface area contributed by atoms with E-state index in [0.717, 1.165) is 12.8 Å². The second-order valence-corrected chi connectivity index (χ2v) is 6.96. The Morgan fingerprint density at radius 3 is 2.73 bits per heavy atom. The van der Waals surface area contributed by atoms with Crippen molar-refractivity contribution in [3.8, 4) is 0 Å².